The minimum Gasteiger partial charge on any atom is -0.491 e. The summed E-state index contributed by atoms with van der Waals surface area (Å²) in [4.78, 5) is 35.9. The van der Waals surface area contributed by atoms with Crippen LogP contribution in [0.15, 0.2) is 18.2 Å². The number of hydrogen-bond donors (Lipinski definition) is 1. The molecule has 1 aliphatic rings. The van der Waals surface area contributed by atoms with E-state index in [-0.39, 0.29) is 24.3 Å². The maximum Gasteiger partial charge on any atom is 0.254 e. The molecule has 1 aromatic carbocycles. The van der Waals surface area contributed by atoms with E-state index in [4.69, 9.17) is 9.47 Å². The quantitative estimate of drug-likeness (QED) is 0.540. The third kappa shape index (κ3) is 4.11. The molecule has 0 fully saturated rings. The number of fused-ring (bicyclic) bond motifs is 1. The van der Waals surface area contributed by atoms with Crippen molar-refractivity contribution in [3.8, 4) is 5.75 Å². The van der Waals surface area contributed by atoms with Gasteiger partial charge in [-0.15, -0.1) is 0 Å². The zero-order valence-corrected chi connectivity index (χ0v) is 13.9. The summed E-state index contributed by atoms with van der Waals surface area (Å²) >= 11 is 0. The number of nitrogens with zero attached hydrogens (tertiary/aromatic N) is 1. The molecule has 1 N–H and O–H groups in total. The van der Waals surface area contributed by atoms with E-state index in [1.165, 1.54) is 0 Å². The van der Waals surface area contributed by atoms with Gasteiger partial charge >= 0.3 is 0 Å². The fourth-order valence-electron chi connectivity index (χ4n) is 2.69. The van der Waals surface area contributed by atoms with Gasteiger partial charge in [0.15, 0.2) is 0 Å². The van der Waals surface area contributed by atoms with E-state index in [9.17, 15) is 14.4 Å². The molecule has 1 aliphatic heterocycles. The summed E-state index contributed by atoms with van der Waals surface area (Å²) in [6, 6.07) is 5.30. The first-order chi connectivity index (χ1) is 11.6. The summed E-state index contributed by atoms with van der Waals surface area (Å²) in [5.74, 6) is 0.279. The van der Waals surface area contributed by atoms with Gasteiger partial charge in [0.25, 0.3) is 5.91 Å². The molecule has 0 saturated carbocycles. The fourth-order valence-corrected chi connectivity index (χ4v) is 2.69. The smallest absolute Gasteiger partial charge is 0.254 e. The minimum absolute atomic E-state index is 0.0644. The number of ether oxygens (including phenoxy) is 2. The topological polar surface area (TPSA) is 84.9 Å². The molecule has 3 amide bonds. The number of imide groups is 1. The van der Waals surface area contributed by atoms with Gasteiger partial charge in [-0.3, -0.25) is 19.7 Å². The normalized spacial score (nSPS) is 14.2. The van der Waals surface area contributed by atoms with Crippen molar-refractivity contribution < 1.29 is 23.9 Å². The van der Waals surface area contributed by atoms with E-state index in [0.717, 1.165) is 5.56 Å². The number of methoxy groups -OCH3 is 1. The summed E-state index contributed by atoms with van der Waals surface area (Å²) in [6.07, 6.45) is 1.05. The van der Waals surface area contributed by atoms with Crippen molar-refractivity contribution in [3.63, 3.8) is 0 Å². The number of amides is 3. The van der Waals surface area contributed by atoms with Crippen molar-refractivity contribution in [2.45, 2.75) is 32.4 Å². The summed E-state index contributed by atoms with van der Waals surface area (Å²) in [6.45, 7) is 3.24. The lowest BCUT2D eigenvalue weighted by molar-refractivity contribution is -0.125. The lowest BCUT2D eigenvalue weighted by Crippen LogP contribution is -2.34. The number of carbonyl (C=O) groups is 3. The Bertz CT molecular complexity index is 617. The van der Waals surface area contributed by atoms with Gasteiger partial charge in [-0.25, -0.2) is 0 Å². The Labute approximate surface area is 140 Å². The molecule has 0 spiro atoms. The van der Waals surface area contributed by atoms with Crippen molar-refractivity contribution in [2.24, 2.45) is 0 Å². The highest BCUT2D eigenvalue weighted by atomic mass is 16.5. The summed E-state index contributed by atoms with van der Waals surface area (Å²) < 4.78 is 10.7. The predicted octanol–water partition coefficient (Wildman–Crippen LogP) is 1.11. The van der Waals surface area contributed by atoms with Gasteiger partial charge in [0.1, 0.15) is 12.4 Å². The van der Waals surface area contributed by atoms with Gasteiger partial charge < -0.3 is 14.4 Å². The molecule has 24 heavy (non-hydrogen) atoms. The van der Waals surface area contributed by atoms with E-state index in [1.807, 2.05) is 13.0 Å². The highest BCUT2D eigenvalue weighted by Gasteiger charge is 2.32. The Hall–Kier alpha value is -2.41. The van der Waals surface area contributed by atoms with Crippen molar-refractivity contribution in [2.75, 3.05) is 20.3 Å². The Kier molecular flexibility index (Phi) is 6.31. The molecule has 0 saturated heterocycles. The van der Waals surface area contributed by atoms with E-state index < -0.39 is 0 Å². The molecule has 2 rings (SSSR count). The van der Waals surface area contributed by atoms with Crippen LogP contribution >= 0.6 is 0 Å². The van der Waals surface area contributed by atoms with Crippen LogP contribution in [0, 0.1) is 0 Å². The third-order valence-corrected chi connectivity index (χ3v) is 4.04. The molecule has 1 heterocycles. The Morgan fingerprint density at radius 3 is 2.92 bits per heavy atom. The lowest BCUT2D eigenvalue weighted by Gasteiger charge is -2.24. The van der Waals surface area contributed by atoms with Gasteiger partial charge in [0, 0.05) is 30.7 Å². The number of rotatable bonds is 9. The van der Waals surface area contributed by atoms with E-state index in [1.54, 1.807) is 24.1 Å². The predicted molar refractivity (Wildman–Crippen MR) is 86.6 cm³/mol. The van der Waals surface area contributed by atoms with Crippen LogP contribution in [-0.2, 0) is 20.9 Å². The van der Waals surface area contributed by atoms with Crippen LogP contribution < -0.4 is 10.1 Å². The fraction of sp³-hybridized carbons (Fsp3) is 0.471. The summed E-state index contributed by atoms with van der Waals surface area (Å²) in [7, 11) is 1.60. The second-order valence-corrected chi connectivity index (χ2v) is 5.63. The van der Waals surface area contributed by atoms with Gasteiger partial charge in [0.2, 0.25) is 12.3 Å². The van der Waals surface area contributed by atoms with Gasteiger partial charge in [-0.05, 0) is 25.5 Å². The molecule has 0 aliphatic carbocycles. The molecule has 7 nitrogen and oxygen atoms in total. The average molecular weight is 334 g/mol. The Morgan fingerprint density at radius 2 is 2.21 bits per heavy atom. The van der Waals surface area contributed by atoms with Crippen LogP contribution in [0.5, 0.6) is 5.75 Å². The first kappa shape index (κ1) is 17.9. The average Bonchev–Trinajstić information content (AvgIpc) is 2.91. The maximum atomic E-state index is 12.6. The SMILES string of the molecule is COCCOc1cccc2c1CN(C(C)CCC(=O)NC=O)C2=O. The first-order valence-electron chi connectivity index (χ1n) is 7.86. The molecule has 0 bridgehead atoms. The molecule has 7 heteroatoms. The van der Waals surface area contributed by atoms with Gasteiger partial charge in [0.05, 0.1) is 13.2 Å². The Balaban J connectivity index is 2.02. The highest BCUT2D eigenvalue weighted by molar-refractivity contribution is 5.99. The summed E-state index contributed by atoms with van der Waals surface area (Å²) in [5, 5.41) is 2.10. The standard InChI is InChI=1S/C17H22N2O5/c1-12(6-7-16(21)18-11-20)19-10-14-13(17(19)22)4-3-5-15(14)24-9-8-23-2/h3-5,11-12H,6-10H2,1-2H3,(H,18,20,21). The zero-order valence-electron chi connectivity index (χ0n) is 13.9. The van der Waals surface area contributed by atoms with Crippen molar-refractivity contribution in [1.82, 2.24) is 10.2 Å². The van der Waals surface area contributed by atoms with Crippen LogP contribution in [0.2, 0.25) is 0 Å². The first-order valence-corrected chi connectivity index (χ1v) is 7.86. The van der Waals surface area contributed by atoms with E-state index in [2.05, 4.69) is 5.32 Å². The van der Waals surface area contributed by atoms with Crippen LogP contribution in [0.4, 0.5) is 0 Å². The van der Waals surface area contributed by atoms with Gasteiger partial charge in [-0.1, -0.05) is 6.07 Å². The third-order valence-electron chi connectivity index (χ3n) is 4.04. The second kappa shape index (κ2) is 8.44. The second-order valence-electron chi connectivity index (χ2n) is 5.63. The zero-order chi connectivity index (χ0) is 17.5. The molecule has 0 radical (unpaired) electrons. The largest absolute Gasteiger partial charge is 0.491 e. The molecular formula is C17H22N2O5. The van der Waals surface area contributed by atoms with Crippen molar-refractivity contribution in [3.05, 3.63) is 29.3 Å². The van der Waals surface area contributed by atoms with Crippen LogP contribution in [-0.4, -0.2) is 49.5 Å². The maximum absolute atomic E-state index is 12.6. The number of benzene rings is 1. The molecule has 1 aromatic rings. The van der Waals surface area contributed by atoms with E-state index >= 15 is 0 Å². The van der Waals surface area contributed by atoms with Crippen LogP contribution in [0.25, 0.3) is 0 Å². The minimum atomic E-state index is -0.343. The molecule has 1 unspecified atom stereocenters. The van der Waals surface area contributed by atoms with Crippen LogP contribution in [0.1, 0.15) is 35.7 Å². The molecule has 130 valence electrons. The van der Waals surface area contributed by atoms with E-state index in [0.29, 0.717) is 43.9 Å². The van der Waals surface area contributed by atoms with Crippen molar-refractivity contribution in [1.29, 1.82) is 0 Å². The van der Waals surface area contributed by atoms with Crippen molar-refractivity contribution >= 4 is 18.2 Å². The number of hydrogen-bond acceptors (Lipinski definition) is 5. The lowest BCUT2D eigenvalue weighted by atomic mass is 10.1. The molecular weight excluding hydrogens is 312 g/mol. The monoisotopic (exact) mass is 334 g/mol. The Morgan fingerprint density at radius 1 is 1.42 bits per heavy atom. The summed E-state index contributed by atoms with van der Waals surface area (Å²) in [5.41, 5.74) is 1.50. The molecule has 1 atom stereocenters. The van der Waals surface area contributed by atoms with Gasteiger partial charge in [-0.2, -0.15) is 0 Å². The molecule has 0 aromatic heterocycles. The highest BCUT2D eigenvalue weighted by Crippen LogP contribution is 2.32. The van der Waals surface area contributed by atoms with Crippen LogP contribution in [0.3, 0.4) is 0 Å². The number of nitrogens with one attached hydrogen (secondary N) is 1. The number of carbonyl (C=O) groups excluding carboxylic acids is 3.